The van der Waals surface area contributed by atoms with Gasteiger partial charge in [-0.1, -0.05) is 17.7 Å². The fourth-order valence-corrected chi connectivity index (χ4v) is 2.41. The minimum atomic E-state index is 0.204. The van der Waals surface area contributed by atoms with Gasteiger partial charge in [-0.2, -0.15) is 5.10 Å². The Morgan fingerprint density at radius 2 is 2.41 bits per heavy atom. The van der Waals surface area contributed by atoms with E-state index in [1.807, 2.05) is 24.4 Å². The van der Waals surface area contributed by atoms with Crippen molar-refractivity contribution >= 4 is 28.7 Å². The van der Waals surface area contributed by atoms with Crippen molar-refractivity contribution in [1.82, 2.24) is 9.78 Å². The minimum absolute atomic E-state index is 0.204. The van der Waals surface area contributed by atoms with Crippen LogP contribution in [0.2, 0.25) is 5.02 Å². The number of carbonyl (C=O) groups is 1. The molecule has 0 fully saturated rings. The van der Waals surface area contributed by atoms with Crippen LogP contribution in [0.1, 0.15) is 28.2 Å². The quantitative estimate of drug-likeness (QED) is 0.777. The van der Waals surface area contributed by atoms with E-state index in [9.17, 15) is 4.79 Å². The second-order valence-electron chi connectivity index (χ2n) is 3.83. The molecule has 0 aliphatic heterocycles. The summed E-state index contributed by atoms with van der Waals surface area (Å²) in [5.41, 5.74) is 0.830. The van der Waals surface area contributed by atoms with E-state index in [4.69, 9.17) is 11.6 Å². The molecule has 0 aromatic carbocycles. The summed E-state index contributed by atoms with van der Waals surface area (Å²) < 4.78 is 1.79. The van der Waals surface area contributed by atoms with Crippen molar-refractivity contribution in [3.8, 4) is 0 Å². The molecule has 2 aromatic rings. The number of halogens is 1. The molecule has 17 heavy (non-hydrogen) atoms. The number of aromatic nitrogens is 2. The molecular formula is C12H13ClN2OS. The lowest BCUT2D eigenvalue weighted by Crippen LogP contribution is -2.02. The van der Waals surface area contributed by atoms with Gasteiger partial charge in [-0.3, -0.25) is 9.48 Å². The van der Waals surface area contributed by atoms with Crippen molar-refractivity contribution in [2.24, 2.45) is 0 Å². The zero-order valence-electron chi connectivity index (χ0n) is 9.52. The number of nitrogens with zero attached hydrogens (tertiary/aromatic N) is 2. The Kier molecular flexibility index (Phi) is 3.97. The summed E-state index contributed by atoms with van der Waals surface area (Å²) in [4.78, 5) is 12.6. The monoisotopic (exact) mass is 268 g/mol. The third kappa shape index (κ3) is 3.17. The van der Waals surface area contributed by atoms with E-state index in [0.29, 0.717) is 11.4 Å². The highest BCUT2D eigenvalue weighted by molar-refractivity contribution is 7.12. The van der Waals surface area contributed by atoms with Crippen LogP contribution < -0.4 is 0 Å². The Labute approximate surface area is 109 Å². The van der Waals surface area contributed by atoms with Crippen molar-refractivity contribution < 1.29 is 4.79 Å². The zero-order valence-corrected chi connectivity index (χ0v) is 11.1. The lowest BCUT2D eigenvalue weighted by atomic mass is 10.2. The summed E-state index contributed by atoms with van der Waals surface area (Å²) in [5.74, 6) is 0.204. The lowest BCUT2D eigenvalue weighted by molar-refractivity contribution is 0.0982. The van der Waals surface area contributed by atoms with Gasteiger partial charge in [-0.05, 0) is 24.8 Å². The first kappa shape index (κ1) is 12.3. The van der Waals surface area contributed by atoms with Crippen LogP contribution in [-0.2, 0) is 6.54 Å². The normalized spacial score (nSPS) is 10.7. The molecule has 0 amide bonds. The number of ketones is 1. The lowest BCUT2D eigenvalue weighted by Gasteiger charge is -2.00. The van der Waals surface area contributed by atoms with E-state index in [-0.39, 0.29) is 5.78 Å². The maximum atomic E-state index is 11.7. The molecule has 5 heteroatoms. The highest BCUT2D eigenvalue weighted by Gasteiger charge is 2.07. The Hall–Kier alpha value is -1.13. The second-order valence-corrected chi connectivity index (χ2v) is 5.18. The number of thiophene rings is 1. The number of hydrogen-bond acceptors (Lipinski definition) is 3. The van der Waals surface area contributed by atoms with Gasteiger partial charge in [0.1, 0.15) is 0 Å². The summed E-state index contributed by atoms with van der Waals surface area (Å²) in [6.07, 6.45) is 3.14. The van der Waals surface area contributed by atoms with Crippen molar-refractivity contribution in [3.63, 3.8) is 0 Å². The molecule has 0 bridgehead atoms. The third-order valence-electron chi connectivity index (χ3n) is 2.47. The maximum Gasteiger partial charge on any atom is 0.172 e. The molecule has 0 N–H and O–H groups in total. The molecule has 3 nitrogen and oxygen atoms in total. The SMILES string of the molecule is Cc1nn(CCCC(=O)c2cccs2)cc1Cl. The van der Waals surface area contributed by atoms with Crippen molar-refractivity contribution in [2.75, 3.05) is 0 Å². The van der Waals surface area contributed by atoms with E-state index in [1.165, 1.54) is 11.3 Å². The summed E-state index contributed by atoms with van der Waals surface area (Å²) in [6.45, 7) is 2.60. The largest absolute Gasteiger partial charge is 0.293 e. The highest BCUT2D eigenvalue weighted by atomic mass is 35.5. The topological polar surface area (TPSA) is 34.9 Å². The summed E-state index contributed by atoms with van der Waals surface area (Å²) in [5, 5.41) is 6.84. The molecule has 0 spiro atoms. The van der Waals surface area contributed by atoms with Crippen LogP contribution in [0.15, 0.2) is 23.7 Å². The fourth-order valence-electron chi connectivity index (χ4n) is 1.57. The van der Waals surface area contributed by atoms with Gasteiger partial charge >= 0.3 is 0 Å². The van der Waals surface area contributed by atoms with Gasteiger partial charge in [-0.25, -0.2) is 0 Å². The number of hydrogen-bond donors (Lipinski definition) is 0. The zero-order chi connectivity index (χ0) is 12.3. The molecule has 0 atom stereocenters. The van der Waals surface area contributed by atoms with Crippen LogP contribution in [0.4, 0.5) is 0 Å². The van der Waals surface area contributed by atoms with Crippen molar-refractivity contribution in [2.45, 2.75) is 26.3 Å². The molecule has 0 radical (unpaired) electrons. The Balaban J connectivity index is 1.82. The Bertz CT molecular complexity index is 485. The van der Waals surface area contributed by atoms with E-state index < -0.39 is 0 Å². The van der Waals surface area contributed by atoms with Gasteiger partial charge in [0.05, 0.1) is 15.6 Å². The van der Waals surface area contributed by atoms with Gasteiger partial charge in [0.15, 0.2) is 5.78 Å². The average molecular weight is 269 g/mol. The van der Waals surface area contributed by atoms with Gasteiger partial charge in [-0.15, -0.1) is 11.3 Å². The second kappa shape index (κ2) is 5.47. The number of Topliss-reactive ketones (excluding diaryl/α,β-unsaturated/α-hetero) is 1. The molecule has 0 saturated heterocycles. The summed E-state index contributed by atoms with van der Waals surface area (Å²) in [7, 11) is 0. The molecule has 2 rings (SSSR count). The molecule has 90 valence electrons. The fraction of sp³-hybridized carbons (Fsp3) is 0.333. The number of carbonyl (C=O) groups excluding carboxylic acids is 1. The Morgan fingerprint density at radius 1 is 1.59 bits per heavy atom. The van der Waals surface area contributed by atoms with E-state index in [0.717, 1.165) is 23.5 Å². The average Bonchev–Trinajstić information content (AvgIpc) is 2.90. The van der Waals surface area contributed by atoms with Gasteiger partial charge < -0.3 is 0 Å². The first-order valence-electron chi connectivity index (χ1n) is 5.43. The van der Waals surface area contributed by atoms with Crippen LogP contribution in [-0.4, -0.2) is 15.6 Å². The predicted octanol–water partition coefficient (Wildman–Crippen LogP) is 3.57. The minimum Gasteiger partial charge on any atom is -0.293 e. The van der Waals surface area contributed by atoms with E-state index in [2.05, 4.69) is 5.10 Å². The Morgan fingerprint density at radius 3 is 3.00 bits per heavy atom. The van der Waals surface area contributed by atoms with Gasteiger partial charge in [0.2, 0.25) is 0 Å². The maximum absolute atomic E-state index is 11.7. The molecule has 2 heterocycles. The number of rotatable bonds is 5. The third-order valence-corrected chi connectivity index (χ3v) is 3.76. The van der Waals surface area contributed by atoms with Crippen LogP contribution in [0, 0.1) is 6.92 Å². The number of aryl methyl sites for hydroxylation is 2. The molecule has 0 saturated carbocycles. The molecule has 0 unspecified atom stereocenters. The molecule has 0 aliphatic rings. The van der Waals surface area contributed by atoms with Crippen LogP contribution in [0.25, 0.3) is 0 Å². The van der Waals surface area contributed by atoms with Gasteiger partial charge in [0, 0.05) is 19.2 Å². The summed E-state index contributed by atoms with van der Waals surface area (Å²) >= 11 is 7.39. The molecule has 2 aromatic heterocycles. The van der Waals surface area contributed by atoms with Crippen LogP contribution >= 0.6 is 22.9 Å². The standard InChI is InChI=1S/C12H13ClN2OS/c1-9-10(13)8-15(14-9)6-2-4-11(16)12-5-3-7-17-12/h3,5,7-8H,2,4,6H2,1H3. The highest BCUT2D eigenvalue weighted by Crippen LogP contribution is 2.14. The predicted molar refractivity (Wildman–Crippen MR) is 69.9 cm³/mol. The first-order valence-corrected chi connectivity index (χ1v) is 6.69. The molecule has 0 aliphatic carbocycles. The van der Waals surface area contributed by atoms with Crippen molar-refractivity contribution in [1.29, 1.82) is 0 Å². The molecular weight excluding hydrogens is 256 g/mol. The van der Waals surface area contributed by atoms with E-state index in [1.54, 1.807) is 10.9 Å². The van der Waals surface area contributed by atoms with Crippen LogP contribution in [0.3, 0.4) is 0 Å². The smallest absolute Gasteiger partial charge is 0.172 e. The van der Waals surface area contributed by atoms with Crippen molar-refractivity contribution in [3.05, 3.63) is 39.3 Å². The first-order chi connectivity index (χ1) is 8.16. The van der Waals surface area contributed by atoms with Gasteiger partial charge in [0.25, 0.3) is 0 Å². The van der Waals surface area contributed by atoms with E-state index >= 15 is 0 Å². The van der Waals surface area contributed by atoms with Crippen LogP contribution in [0.5, 0.6) is 0 Å². The summed E-state index contributed by atoms with van der Waals surface area (Å²) in [6, 6.07) is 3.76.